The van der Waals surface area contributed by atoms with Crippen LogP contribution in [0.3, 0.4) is 0 Å². The quantitative estimate of drug-likeness (QED) is 0.753. The Morgan fingerprint density at radius 2 is 2.11 bits per heavy atom. The van der Waals surface area contributed by atoms with Crippen LogP contribution in [0.2, 0.25) is 0 Å². The third kappa shape index (κ3) is 4.59. The minimum absolute atomic E-state index is 0.0430. The molecule has 18 heavy (non-hydrogen) atoms. The third-order valence-corrected chi connectivity index (χ3v) is 2.60. The molecule has 0 spiro atoms. The molecule has 0 fully saturated rings. The molecule has 0 unspecified atom stereocenters. The van der Waals surface area contributed by atoms with E-state index in [0.717, 1.165) is 11.3 Å². The highest BCUT2D eigenvalue weighted by Gasteiger charge is 2.05. The first-order valence-corrected chi connectivity index (χ1v) is 5.93. The summed E-state index contributed by atoms with van der Waals surface area (Å²) in [5.41, 5.74) is 0.919. The van der Waals surface area contributed by atoms with Crippen LogP contribution in [0.4, 0.5) is 0 Å². The molecule has 0 radical (unpaired) electrons. The fraction of sp³-hybridized carbons (Fsp3) is 0.357. The van der Waals surface area contributed by atoms with Gasteiger partial charge in [0.2, 0.25) is 5.91 Å². The highest BCUT2D eigenvalue weighted by molar-refractivity contribution is 5.91. The van der Waals surface area contributed by atoms with Gasteiger partial charge in [0.05, 0.1) is 19.8 Å². The largest absolute Gasteiger partial charge is 0.497 e. The number of aliphatic hydroxyl groups excluding tert-OH is 1. The summed E-state index contributed by atoms with van der Waals surface area (Å²) in [6, 6.07) is 7.22. The molecule has 1 amide bonds. The molecule has 0 aliphatic carbocycles. The number of hydrogen-bond donors (Lipinski definition) is 2. The van der Waals surface area contributed by atoms with E-state index in [4.69, 9.17) is 9.84 Å². The lowest BCUT2D eigenvalue weighted by molar-refractivity contribution is -0.117. The van der Waals surface area contributed by atoms with Crippen molar-refractivity contribution in [1.82, 2.24) is 5.32 Å². The summed E-state index contributed by atoms with van der Waals surface area (Å²) in [4.78, 5) is 11.5. The second kappa shape index (κ2) is 7.50. The Morgan fingerprint density at radius 1 is 1.44 bits per heavy atom. The molecule has 0 aliphatic heterocycles. The van der Waals surface area contributed by atoms with Crippen molar-refractivity contribution in [3.63, 3.8) is 0 Å². The molecule has 1 atom stereocenters. The molecule has 0 saturated carbocycles. The van der Waals surface area contributed by atoms with Crippen molar-refractivity contribution in [1.29, 1.82) is 0 Å². The van der Waals surface area contributed by atoms with Gasteiger partial charge in [0, 0.05) is 6.08 Å². The summed E-state index contributed by atoms with van der Waals surface area (Å²) in [6.45, 7) is 1.87. The third-order valence-electron chi connectivity index (χ3n) is 2.60. The van der Waals surface area contributed by atoms with E-state index >= 15 is 0 Å². The summed E-state index contributed by atoms with van der Waals surface area (Å²) in [5.74, 6) is 0.578. The van der Waals surface area contributed by atoms with E-state index in [0.29, 0.717) is 6.42 Å². The first kappa shape index (κ1) is 14.3. The van der Waals surface area contributed by atoms with E-state index in [1.54, 1.807) is 13.2 Å². The zero-order valence-electron chi connectivity index (χ0n) is 10.7. The number of aliphatic hydroxyl groups is 1. The summed E-state index contributed by atoms with van der Waals surface area (Å²) >= 11 is 0. The van der Waals surface area contributed by atoms with E-state index in [1.807, 2.05) is 31.2 Å². The molecule has 0 heterocycles. The topological polar surface area (TPSA) is 58.6 Å². The highest BCUT2D eigenvalue weighted by Crippen LogP contribution is 2.12. The maximum absolute atomic E-state index is 11.5. The van der Waals surface area contributed by atoms with Gasteiger partial charge in [0.15, 0.2) is 0 Å². The summed E-state index contributed by atoms with van der Waals surface area (Å²) in [7, 11) is 1.61. The molecule has 1 aromatic rings. The SMILES string of the molecule is CC[C@@H](CO)NC(=O)/C=C/c1ccc(OC)cc1. The van der Waals surface area contributed by atoms with Crippen molar-refractivity contribution in [3.8, 4) is 5.75 Å². The van der Waals surface area contributed by atoms with Crippen LogP contribution in [0.15, 0.2) is 30.3 Å². The van der Waals surface area contributed by atoms with Gasteiger partial charge in [-0.25, -0.2) is 0 Å². The number of nitrogens with one attached hydrogen (secondary N) is 1. The number of methoxy groups -OCH3 is 1. The van der Waals surface area contributed by atoms with Crippen LogP contribution >= 0.6 is 0 Å². The number of hydrogen-bond acceptors (Lipinski definition) is 3. The van der Waals surface area contributed by atoms with Gasteiger partial charge in [-0.15, -0.1) is 0 Å². The van der Waals surface area contributed by atoms with Gasteiger partial charge in [-0.05, 0) is 30.2 Å². The first-order valence-electron chi connectivity index (χ1n) is 5.93. The number of carbonyl (C=O) groups is 1. The average Bonchev–Trinajstić information content (AvgIpc) is 2.43. The van der Waals surface area contributed by atoms with Crippen LogP contribution in [-0.4, -0.2) is 30.8 Å². The van der Waals surface area contributed by atoms with Crippen molar-refractivity contribution < 1.29 is 14.6 Å². The molecule has 0 aromatic heterocycles. The molecule has 4 nitrogen and oxygen atoms in total. The van der Waals surface area contributed by atoms with Crippen LogP contribution in [0.25, 0.3) is 6.08 Å². The zero-order chi connectivity index (χ0) is 13.4. The molecule has 0 bridgehead atoms. The molecule has 98 valence electrons. The Balaban J connectivity index is 2.54. The molecule has 2 N–H and O–H groups in total. The second-order valence-corrected chi connectivity index (χ2v) is 3.90. The monoisotopic (exact) mass is 249 g/mol. The molecule has 1 rings (SSSR count). The van der Waals surface area contributed by atoms with E-state index in [1.165, 1.54) is 6.08 Å². The Morgan fingerprint density at radius 3 is 2.61 bits per heavy atom. The van der Waals surface area contributed by atoms with Gasteiger partial charge in [0.1, 0.15) is 5.75 Å². The van der Waals surface area contributed by atoms with Gasteiger partial charge in [-0.3, -0.25) is 4.79 Å². The lowest BCUT2D eigenvalue weighted by Crippen LogP contribution is -2.35. The predicted molar refractivity (Wildman–Crippen MR) is 71.3 cm³/mol. The van der Waals surface area contributed by atoms with Crippen molar-refractivity contribution >= 4 is 12.0 Å². The summed E-state index contributed by atoms with van der Waals surface area (Å²) < 4.78 is 5.05. The van der Waals surface area contributed by atoms with Crippen LogP contribution in [0.5, 0.6) is 5.75 Å². The standard InChI is InChI=1S/C14H19NO3/c1-3-12(10-16)15-14(17)9-6-11-4-7-13(18-2)8-5-11/h4-9,12,16H,3,10H2,1-2H3,(H,15,17)/b9-6+/t12-/m0/s1. The molecular formula is C14H19NO3. The number of benzene rings is 1. The molecule has 0 aliphatic rings. The normalized spacial score (nSPS) is 12.4. The fourth-order valence-corrected chi connectivity index (χ4v) is 1.41. The van der Waals surface area contributed by atoms with E-state index in [2.05, 4.69) is 5.32 Å². The molecule has 4 heteroatoms. The highest BCUT2D eigenvalue weighted by atomic mass is 16.5. The van der Waals surface area contributed by atoms with Crippen molar-refractivity contribution in [2.45, 2.75) is 19.4 Å². The van der Waals surface area contributed by atoms with Crippen LogP contribution < -0.4 is 10.1 Å². The van der Waals surface area contributed by atoms with Gasteiger partial charge in [-0.2, -0.15) is 0 Å². The second-order valence-electron chi connectivity index (χ2n) is 3.90. The van der Waals surface area contributed by atoms with Gasteiger partial charge in [0.25, 0.3) is 0 Å². The number of ether oxygens (including phenoxy) is 1. The number of amides is 1. The van der Waals surface area contributed by atoms with E-state index in [9.17, 15) is 4.79 Å². The Kier molecular flexibility index (Phi) is 5.94. The van der Waals surface area contributed by atoms with Crippen molar-refractivity contribution in [2.75, 3.05) is 13.7 Å². The van der Waals surface area contributed by atoms with E-state index in [-0.39, 0.29) is 18.6 Å². The van der Waals surface area contributed by atoms with Crippen molar-refractivity contribution in [3.05, 3.63) is 35.9 Å². The molecular weight excluding hydrogens is 230 g/mol. The number of carbonyl (C=O) groups excluding carboxylic acids is 1. The summed E-state index contributed by atoms with van der Waals surface area (Å²) in [5, 5.41) is 11.7. The van der Waals surface area contributed by atoms with E-state index < -0.39 is 0 Å². The van der Waals surface area contributed by atoms with Crippen LogP contribution in [0, 0.1) is 0 Å². The lowest BCUT2D eigenvalue weighted by Gasteiger charge is -2.11. The summed E-state index contributed by atoms with van der Waals surface area (Å²) in [6.07, 6.45) is 3.89. The van der Waals surface area contributed by atoms with Gasteiger partial charge < -0.3 is 15.2 Å². The molecule has 1 aromatic carbocycles. The predicted octanol–water partition coefficient (Wildman–Crippen LogP) is 1.60. The minimum Gasteiger partial charge on any atom is -0.497 e. The Labute approximate surface area is 107 Å². The average molecular weight is 249 g/mol. The van der Waals surface area contributed by atoms with Gasteiger partial charge in [-0.1, -0.05) is 19.1 Å². The smallest absolute Gasteiger partial charge is 0.244 e. The van der Waals surface area contributed by atoms with Gasteiger partial charge >= 0.3 is 0 Å². The van der Waals surface area contributed by atoms with Crippen LogP contribution in [-0.2, 0) is 4.79 Å². The fourth-order valence-electron chi connectivity index (χ4n) is 1.41. The first-order chi connectivity index (χ1) is 8.69. The van der Waals surface area contributed by atoms with Crippen LogP contribution in [0.1, 0.15) is 18.9 Å². The number of rotatable bonds is 6. The Bertz CT molecular complexity index is 394. The minimum atomic E-state index is -0.202. The van der Waals surface area contributed by atoms with Crippen molar-refractivity contribution in [2.24, 2.45) is 0 Å². The maximum atomic E-state index is 11.5. The lowest BCUT2D eigenvalue weighted by atomic mass is 10.2. The molecule has 0 saturated heterocycles. The Hall–Kier alpha value is -1.81. The maximum Gasteiger partial charge on any atom is 0.244 e. The zero-order valence-corrected chi connectivity index (χ0v) is 10.7.